The summed E-state index contributed by atoms with van der Waals surface area (Å²) in [5.74, 6) is 0.412. The summed E-state index contributed by atoms with van der Waals surface area (Å²) in [5.41, 5.74) is 2.51. The van der Waals surface area contributed by atoms with Gasteiger partial charge >= 0.3 is 0 Å². The topological polar surface area (TPSA) is 49.4 Å². The Balaban J connectivity index is 1.63. The van der Waals surface area contributed by atoms with Gasteiger partial charge in [-0.3, -0.25) is 9.59 Å². The maximum absolute atomic E-state index is 13.1. The highest BCUT2D eigenvalue weighted by molar-refractivity contribution is 7.98. The van der Waals surface area contributed by atoms with E-state index >= 15 is 0 Å². The number of thioether (sulfide) groups is 1. The maximum atomic E-state index is 13.1. The minimum absolute atomic E-state index is 0.0568. The van der Waals surface area contributed by atoms with E-state index in [1.807, 2.05) is 35.4 Å². The summed E-state index contributed by atoms with van der Waals surface area (Å²) in [6, 6.07) is 13.8. The summed E-state index contributed by atoms with van der Waals surface area (Å²) in [6.45, 7) is 1.22. The molecule has 2 aromatic rings. The first-order valence-electron chi connectivity index (χ1n) is 9.50. The predicted octanol–water partition coefficient (Wildman–Crippen LogP) is 4.42. The van der Waals surface area contributed by atoms with Crippen LogP contribution in [0.15, 0.2) is 48.5 Å². The van der Waals surface area contributed by atoms with E-state index < -0.39 is 0 Å². The van der Waals surface area contributed by atoms with Crippen LogP contribution in [0.25, 0.3) is 11.1 Å². The van der Waals surface area contributed by atoms with Crippen LogP contribution < -0.4 is 5.32 Å². The van der Waals surface area contributed by atoms with E-state index in [1.165, 1.54) is 12.1 Å². The second-order valence-corrected chi connectivity index (χ2v) is 7.98. The fourth-order valence-electron chi connectivity index (χ4n) is 3.43. The van der Waals surface area contributed by atoms with Crippen molar-refractivity contribution in [3.8, 4) is 11.1 Å². The first kappa shape index (κ1) is 20.4. The summed E-state index contributed by atoms with van der Waals surface area (Å²) in [5, 5.41) is 2.98. The van der Waals surface area contributed by atoms with Crippen LogP contribution in [0.3, 0.4) is 0 Å². The van der Waals surface area contributed by atoms with Crippen molar-refractivity contribution in [3.63, 3.8) is 0 Å². The Labute approximate surface area is 169 Å². The van der Waals surface area contributed by atoms with Gasteiger partial charge in [0.1, 0.15) is 5.82 Å². The Kier molecular flexibility index (Phi) is 7.09. The molecular weight excluding hydrogens is 375 g/mol. The number of carbonyl (C=O) groups is 2. The fourth-order valence-corrected chi connectivity index (χ4v) is 3.81. The molecule has 6 heteroatoms. The highest BCUT2D eigenvalue weighted by Gasteiger charge is 2.28. The summed E-state index contributed by atoms with van der Waals surface area (Å²) >= 11 is 1.66. The number of benzene rings is 2. The van der Waals surface area contributed by atoms with Gasteiger partial charge in [-0.05, 0) is 54.5 Å². The van der Waals surface area contributed by atoms with E-state index in [0.29, 0.717) is 18.7 Å². The van der Waals surface area contributed by atoms with Crippen LogP contribution in [-0.4, -0.2) is 41.8 Å². The average molecular weight is 401 g/mol. The predicted molar refractivity (Wildman–Crippen MR) is 113 cm³/mol. The van der Waals surface area contributed by atoms with E-state index in [4.69, 9.17) is 0 Å². The molecule has 0 saturated carbocycles. The van der Waals surface area contributed by atoms with Crippen molar-refractivity contribution in [3.05, 3.63) is 54.3 Å². The van der Waals surface area contributed by atoms with E-state index in [2.05, 4.69) is 5.32 Å². The Morgan fingerprint density at radius 3 is 2.71 bits per heavy atom. The van der Waals surface area contributed by atoms with Gasteiger partial charge in [-0.25, -0.2) is 4.39 Å². The van der Waals surface area contributed by atoms with Crippen molar-refractivity contribution in [2.45, 2.75) is 19.3 Å². The van der Waals surface area contributed by atoms with Gasteiger partial charge in [0.2, 0.25) is 11.8 Å². The third-order valence-corrected chi connectivity index (χ3v) is 5.58. The summed E-state index contributed by atoms with van der Waals surface area (Å²) in [7, 11) is 0. The molecular formula is C22H25FN2O2S. The Morgan fingerprint density at radius 2 is 1.96 bits per heavy atom. The molecule has 0 unspecified atom stereocenters. The minimum atomic E-state index is -0.276. The van der Waals surface area contributed by atoms with E-state index in [0.717, 1.165) is 36.3 Å². The highest BCUT2D eigenvalue weighted by Crippen LogP contribution is 2.24. The lowest BCUT2D eigenvalue weighted by Gasteiger charge is -2.32. The van der Waals surface area contributed by atoms with Crippen LogP contribution in [0.4, 0.5) is 10.1 Å². The average Bonchev–Trinajstić information content (AvgIpc) is 2.73. The van der Waals surface area contributed by atoms with Crippen LogP contribution in [0.1, 0.15) is 19.3 Å². The van der Waals surface area contributed by atoms with Gasteiger partial charge in [-0.1, -0.05) is 24.3 Å². The molecule has 0 aliphatic carbocycles. The van der Waals surface area contributed by atoms with Crippen molar-refractivity contribution in [2.75, 3.05) is 30.4 Å². The van der Waals surface area contributed by atoms with Crippen LogP contribution >= 0.6 is 11.8 Å². The van der Waals surface area contributed by atoms with Gasteiger partial charge in [-0.2, -0.15) is 11.8 Å². The number of rotatable bonds is 6. The fraction of sp³-hybridized carbons (Fsp3) is 0.364. The summed E-state index contributed by atoms with van der Waals surface area (Å²) < 4.78 is 13.1. The molecule has 2 amide bonds. The molecule has 1 aliphatic rings. The molecule has 1 atom stereocenters. The largest absolute Gasteiger partial charge is 0.342 e. The van der Waals surface area contributed by atoms with Crippen molar-refractivity contribution >= 4 is 29.3 Å². The molecule has 0 radical (unpaired) electrons. The molecule has 1 fully saturated rings. The van der Waals surface area contributed by atoms with Gasteiger partial charge < -0.3 is 10.2 Å². The zero-order valence-electron chi connectivity index (χ0n) is 16.0. The number of carbonyl (C=O) groups excluding carboxylic acids is 2. The zero-order valence-corrected chi connectivity index (χ0v) is 16.8. The van der Waals surface area contributed by atoms with Gasteiger partial charge in [-0.15, -0.1) is 0 Å². The summed E-state index contributed by atoms with van der Waals surface area (Å²) in [6.07, 6.45) is 4.14. The SMILES string of the molecule is CSCCC(=O)N1CCC[C@@H](C(=O)Nc2cccc(-c3ccc(F)cc3)c2)C1. The molecule has 1 heterocycles. The lowest BCUT2D eigenvalue weighted by atomic mass is 9.96. The Hall–Kier alpha value is -2.34. The lowest BCUT2D eigenvalue weighted by Crippen LogP contribution is -2.43. The minimum Gasteiger partial charge on any atom is -0.342 e. The first-order chi connectivity index (χ1) is 13.6. The summed E-state index contributed by atoms with van der Waals surface area (Å²) in [4.78, 5) is 26.8. The van der Waals surface area contributed by atoms with Crippen molar-refractivity contribution < 1.29 is 14.0 Å². The zero-order chi connectivity index (χ0) is 19.9. The van der Waals surface area contributed by atoms with Crippen LogP contribution in [-0.2, 0) is 9.59 Å². The highest BCUT2D eigenvalue weighted by atomic mass is 32.2. The standard InChI is InChI=1S/C22H25FN2O2S/c1-28-13-11-21(26)25-12-3-5-18(15-25)22(27)24-20-6-2-4-17(14-20)16-7-9-19(23)10-8-16/h2,4,6-10,14,18H,3,5,11-13,15H2,1H3,(H,24,27)/t18-/m1/s1. The number of anilines is 1. The van der Waals surface area contributed by atoms with Crippen molar-refractivity contribution in [1.82, 2.24) is 4.90 Å². The first-order valence-corrected chi connectivity index (χ1v) is 10.9. The number of hydrogen-bond acceptors (Lipinski definition) is 3. The normalized spacial score (nSPS) is 16.6. The van der Waals surface area contributed by atoms with Gasteiger partial charge in [0.05, 0.1) is 5.92 Å². The van der Waals surface area contributed by atoms with Gasteiger partial charge in [0.15, 0.2) is 0 Å². The van der Waals surface area contributed by atoms with E-state index in [9.17, 15) is 14.0 Å². The van der Waals surface area contributed by atoms with E-state index in [-0.39, 0.29) is 23.5 Å². The molecule has 0 bridgehead atoms. The number of likely N-dealkylation sites (tertiary alicyclic amines) is 1. The van der Waals surface area contributed by atoms with Gasteiger partial charge in [0.25, 0.3) is 0 Å². The number of hydrogen-bond donors (Lipinski definition) is 1. The lowest BCUT2D eigenvalue weighted by molar-refractivity contribution is -0.134. The van der Waals surface area contributed by atoms with Crippen LogP contribution in [0.2, 0.25) is 0 Å². The maximum Gasteiger partial charge on any atom is 0.229 e. The smallest absolute Gasteiger partial charge is 0.229 e. The molecule has 148 valence electrons. The number of nitrogens with zero attached hydrogens (tertiary/aromatic N) is 1. The molecule has 0 aromatic heterocycles. The Bertz CT molecular complexity index is 826. The molecule has 1 aliphatic heterocycles. The second kappa shape index (κ2) is 9.73. The Morgan fingerprint density at radius 1 is 1.18 bits per heavy atom. The molecule has 0 spiro atoms. The van der Waals surface area contributed by atoms with Crippen molar-refractivity contribution in [1.29, 1.82) is 0 Å². The third-order valence-electron chi connectivity index (χ3n) is 4.97. The molecule has 4 nitrogen and oxygen atoms in total. The third kappa shape index (κ3) is 5.35. The molecule has 3 rings (SSSR count). The van der Waals surface area contributed by atoms with Crippen LogP contribution in [0.5, 0.6) is 0 Å². The molecule has 1 saturated heterocycles. The number of nitrogens with one attached hydrogen (secondary N) is 1. The molecule has 2 aromatic carbocycles. The van der Waals surface area contributed by atoms with Crippen LogP contribution in [0, 0.1) is 11.7 Å². The number of amides is 2. The number of piperidine rings is 1. The second-order valence-electron chi connectivity index (χ2n) is 7.00. The quantitative estimate of drug-likeness (QED) is 0.781. The molecule has 28 heavy (non-hydrogen) atoms. The monoisotopic (exact) mass is 400 g/mol. The van der Waals surface area contributed by atoms with Crippen molar-refractivity contribution in [2.24, 2.45) is 5.92 Å². The molecule has 1 N–H and O–H groups in total. The number of halogens is 1. The van der Waals surface area contributed by atoms with E-state index in [1.54, 1.807) is 23.9 Å². The van der Waals surface area contributed by atoms with Gasteiger partial charge in [0, 0.05) is 31.0 Å².